The lowest BCUT2D eigenvalue weighted by molar-refractivity contribution is 0.0928. The van der Waals surface area contributed by atoms with Crippen LogP contribution in [-0.2, 0) is 6.54 Å². The highest BCUT2D eigenvalue weighted by atomic mass is 35.5. The molecule has 1 aliphatic heterocycles. The second kappa shape index (κ2) is 3.85. The van der Waals surface area contributed by atoms with Gasteiger partial charge in [-0.25, -0.2) is 9.97 Å². The summed E-state index contributed by atoms with van der Waals surface area (Å²) in [7, 11) is 0. The van der Waals surface area contributed by atoms with Crippen LogP contribution in [0.1, 0.15) is 10.5 Å². The van der Waals surface area contributed by atoms with Crippen LogP contribution in [0.2, 0.25) is 5.28 Å². The molecule has 1 aliphatic rings. The number of carbonyl (C=O) groups excluding carboxylic acids is 1. The third-order valence-electron chi connectivity index (χ3n) is 2.69. The molecule has 1 amide bonds. The number of nitrogens with zero attached hydrogens (tertiary/aromatic N) is 3. The summed E-state index contributed by atoms with van der Waals surface area (Å²) in [6, 6.07) is 3.58. The summed E-state index contributed by atoms with van der Waals surface area (Å²) in [6.45, 7) is 1.43. The number of hydrogen-bond acceptors (Lipinski definition) is 3. The molecule has 0 aliphatic carbocycles. The van der Waals surface area contributed by atoms with Crippen LogP contribution in [0.5, 0.6) is 0 Å². The standard InChI is InChI=1S/C11H9ClN4O/c12-11-14-2-1-8(15-11)7-5-9-10(17)13-3-4-16(9)6-7/h1-2,5-6H,3-4H2,(H,13,17). The van der Waals surface area contributed by atoms with Crippen molar-refractivity contribution in [2.24, 2.45) is 0 Å². The molecule has 0 spiro atoms. The van der Waals surface area contributed by atoms with E-state index in [9.17, 15) is 4.79 Å². The Morgan fingerprint density at radius 1 is 1.47 bits per heavy atom. The van der Waals surface area contributed by atoms with Gasteiger partial charge in [0.2, 0.25) is 5.28 Å². The first-order valence-corrected chi connectivity index (χ1v) is 5.59. The smallest absolute Gasteiger partial charge is 0.267 e. The molecular formula is C11H9ClN4O. The molecule has 0 atom stereocenters. The van der Waals surface area contributed by atoms with Gasteiger partial charge in [0.05, 0.1) is 5.69 Å². The van der Waals surface area contributed by atoms with E-state index in [2.05, 4.69) is 15.3 Å². The SMILES string of the molecule is O=C1NCCn2cc(-c3ccnc(Cl)n3)cc21. The van der Waals surface area contributed by atoms with Crippen molar-refractivity contribution in [2.45, 2.75) is 6.54 Å². The van der Waals surface area contributed by atoms with Crippen LogP contribution in [0.15, 0.2) is 24.5 Å². The zero-order valence-electron chi connectivity index (χ0n) is 8.85. The van der Waals surface area contributed by atoms with Gasteiger partial charge in [0.25, 0.3) is 5.91 Å². The summed E-state index contributed by atoms with van der Waals surface area (Å²) in [6.07, 6.45) is 3.51. The van der Waals surface area contributed by atoms with Crippen molar-refractivity contribution in [2.75, 3.05) is 6.54 Å². The third kappa shape index (κ3) is 1.78. The van der Waals surface area contributed by atoms with Crippen molar-refractivity contribution in [3.05, 3.63) is 35.5 Å². The number of hydrogen-bond donors (Lipinski definition) is 1. The van der Waals surface area contributed by atoms with Gasteiger partial charge in [-0.1, -0.05) is 0 Å². The molecule has 1 N–H and O–H groups in total. The Morgan fingerprint density at radius 3 is 3.12 bits per heavy atom. The fourth-order valence-corrected chi connectivity index (χ4v) is 2.05. The number of amides is 1. The number of nitrogens with one attached hydrogen (secondary N) is 1. The number of aromatic nitrogens is 3. The van der Waals surface area contributed by atoms with E-state index in [1.165, 1.54) is 0 Å². The summed E-state index contributed by atoms with van der Waals surface area (Å²) >= 11 is 5.74. The number of fused-ring (bicyclic) bond motifs is 1. The molecule has 3 heterocycles. The summed E-state index contributed by atoms with van der Waals surface area (Å²) < 4.78 is 1.92. The Bertz CT molecular complexity index is 593. The average Bonchev–Trinajstić information content (AvgIpc) is 2.74. The van der Waals surface area contributed by atoms with Crippen LogP contribution in [0.25, 0.3) is 11.3 Å². The zero-order valence-corrected chi connectivity index (χ0v) is 9.61. The molecule has 2 aromatic rings. The van der Waals surface area contributed by atoms with Crippen molar-refractivity contribution >= 4 is 17.5 Å². The lowest BCUT2D eigenvalue weighted by Crippen LogP contribution is -2.34. The summed E-state index contributed by atoms with van der Waals surface area (Å²) in [5.41, 5.74) is 2.25. The van der Waals surface area contributed by atoms with E-state index in [4.69, 9.17) is 11.6 Å². The van der Waals surface area contributed by atoms with Gasteiger partial charge in [-0.15, -0.1) is 0 Å². The van der Waals surface area contributed by atoms with Crippen LogP contribution in [0.4, 0.5) is 0 Å². The molecular weight excluding hydrogens is 240 g/mol. The lowest BCUT2D eigenvalue weighted by atomic mass is 10.2. The van der Waals surface area contributed by atoms with Crippen LogP contribution in [0.3, 0.4) is 0 Å². The normalized spacial score (nSPS) is 14.3. The van der Waals surface area contributed by atoms with Gasteiger partial charge in [-0.2, -0.15) is 0 Å². The van der Waals surface area contributed by atoms with E-state index >= 15 is 0 Å². The first-order chi connectivity index (χ1) is 8.24. The largest absolute Gasteiger partial charge is 0.349 e. The molecule has 0 radical (unpaired) electrons. The molecule has 2 aromatic heterocycles. The Kier molecular flexibility index (Phi) is 2.33. The van der Waals surface area contributed by atoms with E-state index in [1.807, 2.05) is 16.8 Å². The van der Waals surface area contributed by atoms with Gasteiger partial charge in [0.1, 0.15) is 5.69 Å². The molecule has 6 heteroatoms. The molecule has 0 fully saturated rings. The third-order valence-corrected chi connectivity index (χ3v) is 2.87. The quantitative estimate of drug-likeness (QED) is 0.775. The van der Waals surface area contributed by atoms with E-state index in [-0.39, 0.29) is 11.2 Å². The molecule has 0 bridgehead atoms. The van der Waals surface area contributed by atoms with Gasteiger partial charge >= 0.3 is 0 Å². The summed E-state index contributed by atoms with van der Waals surface area (Å²) in [4.78, 5) is 19.6. The van der Waals surface area contributed by atoms with Gasteiger partial charge < -0.3 is 9.88 Å². The van der Waals surface area contributed by atoms with Gasteiger partial charge in [0.15, 0.2) is 0 Å². The topological polar surface area (TPSA) is 59.8 Å². The molecule has 17 heavy (non-hydrogen) atoms. The van der Waals surface area contributed by atoms with Gasteiger partial charge in [0, 0.05) is 31.0 Å². The minimum Gasteiger partial charge on any atom is -0.349 e. The second-order valence-electron chi connectivity index (χ2n) is 3.77. The monoisotopic (exact) mass is 248 g/mol. The van der Waals surface area contributed by atoms with Crippen molar-refractivity contribution in [3.63, 3.8) is 0 Å². The minimum absolute atomic E-state index is 0.0531. The maximum absolute atomic E-state index is 11.6. The van der Waals surface area contributed by atoms with E-state index in [0.29, 0.717) is 12.2 Å². The highest BCUT2D eigenvalue weighted by molar-refractivity contribution is 6.28. The van der Waals surface area contributed by atoms with Crippen LogP contribution >= 0.6 is 11.6 Å². The maximum atomic E-state index is 11.6. The van der Waals surface area contributed by atoms with Crippen molar-refractivity contribution in [3.8, 4) is 11.3 Å². The average molecular weight is 249 g/mol. The molecule has 0 aromatic carbocycles. The number of carbonyl (C=O) groups is 1. The first kappa shape index (κ1) is 10.3. The van der Waals surface area contributed by atoms with Crippen LogP contribution in [-0.4, -0.2) is 27.0 Å². The van der Waals surface area contributed by atoms with Crippen molar-refractivity contribution in [1.29, 1.82) is 0 Å². The predicted octanol–water partition coefficient (Wildman–Crippen LogP) is 1.34. The fourth-order valence-electron chi connectivity index (χ4n) is 1.90. The Labute approximate surface area is 102 Å². The lowest BCUT2D eigenvalue weighted by Gasteiger charge is -2.14. The van der Waals surface area contributed by atoms with E-state index in [1.54, 1.807) is 12.3 Å². The number of halogens is 1. The maximum Gasteiger partial charge on any atom is 0.267 e. The van der Waals surface area contributed by atoms with Crippen LogP contribution in [0, 0.1) is 0 Å². The first-order valence-electron chi connectivity index (χ1n) is 5.21. The molecule has 5 nitrogen and oxygen atoms in total. The van der Waals surface area contributed by atoms with Crippen molar-refractivity contribution in [1.82, 2.24) is 19.9 Å². The highest BCUT2D eigenvalue weighted by Gasteiger charge is 2.18. The molecule has 0 saturated heterocycles. The molecule has 86 valence electrons. The van der Waals surface area contributed by atoms with Crippen molar-refractivity contribution < 1.29 is 4.79 Å². The fraction of sp³-hybridized carbons (Fsp3) is 0.182. The number of rotatable bonds is 1. The Hall–Kier alpha value is -1.88. The summed E-state index contributed by atoms with van der Waals surface area (Å²) in [5, 5.41) is 3.00. The molecule has 0 unspecified atom stereocenters. The molecule has 0 saturated carbocycles. The van der Waals surface area contributed by atoms with Gasteiger partial charge in [-0.3, -0.25) is 4.79 Å². The Morgan fingerprint density at radius 2 is 2.35 bits per heavy atom. The van der Waals surface area contributed by atoms with E-state index in [0.717, 1.165) is 17.8 Å². The van der Waals surface area contributed by atoms with Crippen LogP contribution < -0.4 is 5.32 Å². The minimum atomic E-state index is -0.0531. The second-order valence-corrected chi connectivity index (χ2v) is 4.11. The van der Waals surface area contributed by atoms with E-state index < -0.39 is 0 Å². The molecule has 3 rings (SSSR count). The highest BCUT2D eigenvalue weighted by Crippen LogP contribution is 2.22. The summed E-state index contributed by atoms with van der Waals surface area (Å²) in [5.74, 6) is -0.0531. The van der Waals surface area contributed by atoms with Gasteiger partial charge in [-0.05, 0) is 23.7 Å². The zero-order chi connectivity index (χ0) is 11.8. The Balaban J connectivity index is 2.08. The predicted molar refractivity (Wildman–Crippen MR) is 62.8 cm³/mol.